The molecule has 0 amide bonds. The molecule has 4 heteroatoms. The molecule has 0 aromatic heterocycles. The Morgan fingerprint density at radius 3 is 2.57 bits per heavy atom. The van der Waals surface area contributed by atoms with E-state index in [-0.39, 0.29) is 5.97 Å². The first-order valence-electron chi connectivity index (χ1n) is 4.15. The highest BCUT2D eigenvalue weighted by molar-refractivity contribution is 7.99. The summed E-state index contributed by atoms with van der Waals surface area (Å²) in [5.41, 5.74) is 0.572. The van der Waals surface area contributed by atoms with Crippen molar-refractivity contribution >= 4 is 29.3 Å². The van der Waals surface area contributed by atoms with E-state index < -0.39 is 0 Å². The van der Waals surface area contributed by atoms with E-state index in [1.54, 1.807) is 23.9 Å². The van der Waals surface area contributed by atoms with E-state index in [9.17, 15) is 4.79 Å². The Labute approximate surface area is 92.6 Å². The summed E-state index contributed by atoms with van der Waals surface area (Å²) in [6.07, 6.45) is 0. The van der Waals surface area contributed by atoms with Gasteiger partial charge in [-0.3, -0.25) is 0 Å². The second kappa shape index (κ2) is 5.94. The third-order valence-corrected chi connectivity index (χ3v) is 3.05. The third-order valence-electron chi connectivity index (χ3n) is 1.62. The molecule has 0 saturated heterocycles. The molecule has 0 N–H and O–H groups in total. The zero-order valence-corrected chi connectivity index (χ0v) is 9.40. The fourth-order valence-electron chi connectivity index (χ4n) is 0.962. The van der Waals surface area contributed by atoms with Gasteiger partial charge in [0.05, 0.1) is 12.7 Å². The fourth-order valence-corrected chi connectivity index (χ4v) is 1.83. The molecule has 2 nitrogen and oxygen atoms in total. The number of carbonyl (C=O) groups excluding carboxylic acids is 1. The van der Waals surface area contributed by atoms with E-state index in [2.05, 4.69) is 4.74 Å². The van der Waals surface area contributed by atoms with Crippen LogP contribution in [0.4, 0.5) is 0 Å². The van der Waals surface area contributed by atoms with Crippen LogP contribution in [0, 0.1) is 0 Å². The molecular weight excluding hydrogens is 220 g/mol. The van der Waals surface area contributed by atoms with Crippen molar-refractivity contribution < 1.29 is 9.53 Å². The lowest BCUT2D eigenvalue weighted by Crippen LogP contribution is -2.00. The van der Waals surface area contributed by atoms with Gasteiger partial charge in [0, 0.05) is 16.5 Å². The monoisotopic (exact) mass is 230 g/mol. The van der Waals surface area contributed by atoms with Crippen molar-refractivity contribution in [2.75, 3.05) is 18.7 Å². The highest BCUT2D eigenvalue weighted by Gasteiger charge is 2.03. The summed E-state index contributed by atoms with van der Waals surface area (Å²) >= 11 is 7.23. The summed E-state index contributed by atoms with van der Waals surface area (Å²) in [4.78, 5) is 12.2. The first-order valence-corrected chi connectivity index (χ1v) is 5.67. The molecular formula is C10H11ClO2S. The Morgan fingerprint density at radius 1 is 1.43 bits per heavy atom. The maximum atomic E-state index is 11.1. The number of ether oxygens (including phenoxy) is 1. The second-order valence-electron chi connectivity index (χ2n) is 2.55. The minimum Gasteiger partial charge on any atom is -0.465 e. The number of benzene rings is 1. The number of hydrogen-bond acceptors (Lipinski definition) is 3. The molecule has 0 aliphatic rings. The molecule has 0 spiro atoms. The van der Waals surface area contributed by atoms with Crippen LogP contribution in [0.1, 0.15) is 10.4 Å². The number of esters is 1. The van der Waals surface area contributed by atoms with Gasteiger partial charge < -0.3 is 4.74 Å². The minimum atomic E-state index is -0.307. The van der Waals surface area contributed by atoms with E-state index in [4.69, 9.17) is 11.6 Å². The zero-order valence-electron chi connectivity index (χ0n) is 7.83. The summed E-state index contributed by atoms with van der Waals surface area (Å²) in [6, 6.07) is 7.29. The van der Waals surface area contributed by atoms with E-state index >= 15 is 0 Å². The van der Waals surface area contributed by atoms with Crippen LogP contribution in [0.3, 0.4) is 0 Å². The Bertz CT molecular complexity index is 297. The van der Waals surface area contributed by atoms with Crippen molar-refractivity contribution in [1.82, 2.24) is 0 Å². The molecule has 0 unspecified atom stereocenters. The van der Waals surface area contributed by atoms with Crippen LogP contribution in [-0.4, -0.2) is 24.7 Å². The van der Waals surface area contributed by atoms with Crippen LogP contribution in [0.5, 0.6) is 0 Å². The van der Waals surface area contributed by atoms with Crippen molar-refractivity contribution in [3.63, 3.8) is 0 Å². The molecule has 0 aliphatic carbocycles. The predicted molar refractivity (Wildman–Crippen MR) is 59.2 cm³/mol. The number of rotatable bonds is 4. The molecule has 0 radical (unpaired) electrons. The van der Waals surface area contributed by atoms with Gasteiger partial charge in [0.25, 0.3) is 0 Å². The molecule has 0 aliphatic heterocycles. The summed E-state index contributed by atoms with van der Waals surface area (Å²) in [7, 11) is 1.37. The lowest BCUT2D eigenvalue weighted by Gasteiger charge is -2.01. The normalized spacial score (nSPS) is 9.86. The Morgan fingerprint density at radius 2 is 2.07 bits per heavy atom. The molecule has 1 rings (SSSR count). The number of halogens is 1. The van der Waals surface area contributed by atoms with Crippen molar-refractivity contribution in [3.05, 3.63) is 29.8 Å². The van der Waals surface area contributed by atoms with Crippen molar-refractivity contribution in [2.45, 2.75) is 4.90 Å². The van der Waals surface area contributed by atoms with Crippen LogP contribution < -0.4 is 0 Å². The maximum absolute atomic E-state index is 11.1. The van der Waals surface area contributed by atoms with E-state index in [1.807, 2.05) is 12.1 Å². The van der Waals surface area contributed by atoms with Gasteiger partial charge in [0.15, 0.2) is 0 Å². The van der Waals surface area contributed by atoms with Crippen LogP contribution in [0.15, 0.2) is 29.2 Å². The molecule has 14 heavy (non-hydrogen) atoms. The Kier molecular flexibility index (Phi) is 4.84. The number of carbonyl (C=O) groups is 1. The van der Waals surface area contributed by atoms with Crippen molar-refractivity contribution in [1.29, 1.82) is 0 Å². The largest absolute Gasteiger partial charge is 0.465 e. The highest BCUT2D eigenvalue weighted by Crippen LogP contribution is 2.18. The average molecular weight is 231 g/mol. The van der Waals surface area contributed by atoms with Crippen LogP contribution in [0.2, 0.25) is 0 Å². The zero-order chi connectivity index (χ0) is 10.4. The van der Waals surface area contributed by atoms with Crippen LogP contribution >= 0.6 is 23.4 Å². The SMILES string of the molecule is COC(=O)c1ccc(SCCCl)cc1. The smallest absolute Gasteiger partial charge is 0.337 e. The number of hydrogen-bond donors (Lipinski definition) is 0. The van der Waals surface area contributed by atoms with Gasteiger partial charge in [-0.05, 0) is 24.3 Å². The number of thioether (sulfide) groups is 1. The lowest BCUT2D eigenvalue weighted by molar-refractivity contribution is 0.0600. The fraction of sp³-hybridized carbons (Fsp3) is 0.300. The van der Waals surface area contributed by atoms with E-state index in [0.29, 0.717) is 11.4 Å². The van der Waals surface area contributed by atoms with Gasteiger partial charge >= 0.3 is 5.97 Å². The number of alkyl halides is 1. The third kappa shape index (κ3) is 3.24. The average Bonchev–Trinajstić information content (AvgIpc) is 2.26. The van der Waals surface area contributed by atoms with Crippen molar-refractivity contribution in [3.8, 4) is 0 Å². The highest BCUT2D eigenvalue weighted by atomic mass is 35.5. The summed E-state index contributed by atoms with van der Waals surface area (Å²) in [5.74, 6) is 1.20. The molecule has 1 aromatic rings. The molecule has 0 heterocycles. The Balaban J connectivity index is 2.63. The second-order valence-corrected chi connectivity index (χ2v) is 4.10. The lowest BCUT2D eigenvalue weighted by atomic mass is 10.2. The summed E-state index contributed by atoms with van der Waals surface area (Å²) < 4.78 is 4.59. The van der Waals surface area contributed by atoms with Gasteiger partial charge in [-0.25, -0.2) is 4.79 Å². The molecule has 0 saturated carbocycles. The first kappa shape index (κ1) is 11.4. The van der Waals surface area contributed by atoms with Crippen LogP contribution in [-0.2, 0) is 4.74 Å². The van der Waals surface area contributed by atoms with Crippen LogP contribution in [0.25, 0.3) is 0 Å². The molecule has 76 valence electrons. The maximum Gasteiger partial charge on any atom is 0.337 e. The van der Waals surface area contributed by atoms with Gasteiger partial charge in [-0.2, -0.15) is 0 Å². The van der Waals surface area contributed by atoms with Gasteiger partial charge in [-0.1, -0.05) is 0 Å². The summed E-state index contributed by atoms with van der Waals surface area (Å²) in [6.45, 7) is 0. The first-order chi connectivity index (χ1) is 6.77. The van der Waals surface area contributed by atoms with Gasteiger partial charge in [0.1, 0.15) is 0 Å². The van der Waals surface area contributed by atoms with Gasteiger partial charge in [-0.15, -0.1) is 23.4 Å². The van der Waals surface area contributed by atoms with E-state index in [1.165, 1.54) is 7.11 Å². The quantitative estimate of drug-likeness (QED) is 0.452. The number of methoxy groups -OCH3 is 1. The standard InChI is InChI=1S/C10H11ClO2S/c1-13-10(12)8-2-4-9(5-3-8)14-7-6-11/h2-5H,6-7H2,1H3. The summed E-state index contributed by atoms with van der Waals surface area (Å²) in [5, 5.41) is 0. The molecule has 0 atom stereocenters. The minimum absolute atomic E-state index is 0.307. The predicted octanol–water partition coefficient (Wildman–Crippen LogP) is 2.80. The molecule has 1 aromatic carbocycles. The topological polar surface area (TPSA) is 26.3 Å². The Hall–Kier alpha value is -0.670. The van der Waals surface area contributed by atoms with Gasteiger partial charge in [0.2, 0.25) is 0 Å². The molecule has 0 fully saturated rings. The van der Waals surface area contributed by atoms with Crippen molar-refractivity contribution in [2.24, 2.45) is 0 Å². The van der Waals surface area contributed by atoms with E-state index in [0.717, 1.165) is 10.6 Å². The molecule has 0 bridgehead atoms.